The third-order valence-electron chi connectivity index (χ3n) is 4.40. The van der Waals surface area contributed by atoms with Crippen LogP contribution in [0.15, 0.2) is 30.7 Å². The van der Waals surface area contributed by atoms with E-state index in [0.29, 0.717) is 30.9 Å². The molecule has 1 atom stereocenters. The predicted octanol–water partition coefficient (Wildman–Crippen LogP) is 2.47. The highest BCUT2D eigenvalue weighted by atomic mass is 19.3. The van der Waals surface area contributed by atoms with E-state index in [4.69, 9.17) is 4.74 Å². The molecule has 1 aromatic heterocycles. The van der Waals surface area contributed by atoms with Gasteiger partial charge in [-0.05, 0) is 24.6 Å². The molecular weight excluding hydrogens is 304 g/mol. The number of nitrogens with one attached hydrogen (secondary N) is 1. The van der Waals surface area contributed by atoms with Gasteiger partial charge in [0.1, 0.15) is 12.4 Å². The summed E-state index contributed by atoms with van der Waals surface area (Å²) >= 11 is 0. The number of amides is 1. The van der Waals surface area contributed by atoms with Crippen LogP contribution >= 0.6 is 0 Å². The molecule has 2 aromatic rings. The molecule has 1 N–H and O–H groups in total. The Labute approximate surface area is 131 Å². The third-order valence-corrected chi connectivity index (χ3v) is 4.40. The fraction of sp³-hybridized carbons (Fsp3) is 0.375. The predicted molar refractivity (Wildman–Crippen MR) is 78.6 cm³/mol. The summed E-state index contributed by atoms with van der Waals surface area (Å²) in [5.41, 5.74) is 1.93. The van der Waals surface area contributed by atoms with Gasteiger partial charge in [0, 0.05) is 17.5 Å². The van der Waals surface area contributed by atoms with E-state index in [1.165, 1.54) is 0 Å². The SMILES string of the molecule is O=C(NC1CCC1(F)F)c1ccc2c(c1)-c1cncn1CCO2. The lowest BCUT2D eigenvalue weighted by Gasteiger charge is -2.36. The molecule has 1 aromatic carbocycles. The highest BCUT2D eigenvalue weighted by Crippen LogP contribution is 2.38. The lowest BCUT2D eigenvalue weighted by molar-refractivity contribution is -0.102. The van der Waals surface area contributed by atoms with Crippen molar-refractivity contribution in [2.75, 3.05) is 6.61 Å². The van der Waals surface area contributed by atoms with Crippen LogP contribution in [0.1, 0.15) is 23.2 Å². The van der Waals surface area contributed by atoms with Crippen molar-refractivity contribution in [2.24, 2.45) is 0 Å². The maximum absolute atomic E-state index is 13.3. The summed E-state index contributed by atoms with van der Waals surface area (Å²) in [6.07, 6.45) is 3.54. The second kappa shape index (κ2) is 5.04. The van der Waals surface area contributed by atoms with Gasteiger partial charge in [0.05, 0.1) is 30.8 Å². The van der Waals surface area contributed by atoms with Gasteiger partial charge in [-0.15, -0.1) is 0 Å². The highest BCUT2D eigenvalue weighted by molar-refractivity contribution is 5.96. The van der Waals surface area contributed by atoms with E-state index in [1.54, 1.807) is 30.7 Å². The molecule has 1 saturated carbocycles. The molecule has 1 amide bonds. The summed E-state index contributed by atoms with van der Waals surface area (Å²) in [6.45, 7) is 1.18. The van der Waals surface area contributed by atoms with E-state index >= 15 is 0 Å². The van der Waals surface area contributed by atoms with Crippen molar-refractivity contribution < 1.29 is 18.3 Å². The number of aromatic nitrogens is 2. The number of carbonyl (C=O) groups excluding carboxylic acids is 1. The van der Waals surface area contributed by atoms with E-state index in [1.807, 2.05) is 4.57 Å². The zero-order valence-electron chi connectivity index (χ0n) is 12.3. The molecule has 1 aliphatic carbocycles. The normalized spacial score (nSPS) is 21.2. The summed E-state index contributed by atoms with van der Waals surface area (Å²) < 4.78 is 34.2. The molecule has 0 bridgehead atoms. The Morgan fingerprint density at radius 3 is 3.04 bits per heavy atom. The standard InChI is InChI=1S/C16H15F2N3O2/c17-16(18)4-3-14(16)20-15(22)10-1-2-13-11(7-10)12-8-19-9-21(12)5-6-23-13/h1-2,7-9,14H,3-6H2,(H,20,22). The molecule has 1 aliphatic heterocycles. The first kappa shape index (κ1) is 14.2. The summed E-state index contributed by atoms with van der Waals surface area (Å²) in [6, 6.07) is 3.89. The average molecular weight is 319 g/mol. The maximum Gasteiger partial charge on any atom is 0.267 e. The molecule has 23 heavy (non-hydrogen) atoms. The molecule has 7 heteroatoms. The van der Waals surface area contributed by atoms with Crippen LogP contribution in [0.2, 0.25) is 0 Å². The summed E-state index contributed by atoms with van der Waals surface area (Å²) in [5.74, 6) is -2.63. The van der Waals surface area contributed by atoms with Gasteiger partial charge in [0.15, 0.2) is 0 Å². The molecule has 0 spiro atoms. The van der Waals surface area contributed by atoms with E-state index in [2.05, 4.69) is 10.3 Å². The quantitative estimate of drug-likeness (QED) is 0.925. The van der Waals surface area contributed by atoms with Crippen molar-refractivity contribution in [2.45, 2.75) is 31.4 Å². The summed E-state index contributed by atoms with van der Waals surface area (Å²) in [4.78, 5) is 16.4. The number of imidazole rings is 1. The molecular formula is C16H15F2N3O2. The third kappa shape index (κ3) is 2.36. The van der Waals surface area contributed by atoms with Crippen LogP contribution in [0.5, 0.6) is 5.75 Å². The van der Waals surface area contributed by atoms with Crippen molar-refractivity contribution in [3.05, 3.63) is 36.3 Å². The van der Waals surface area contributed by atoms with Gasteiger partial charge in [-0.2, -0.15) is 0 Å². The maximum atomic E-state index is 13.3. The van der Waals surface area contributed by atoms with E-state index < -0.39 is 17.9 Å². The second-order valence-electron chi connectivity index (χ2n) is 5.86. The molecule has 1 unspecified atom stereocenters. The smallest absolute Gasteiger partial charge is 0.267 e. The van der Waals surface area contributed by atoms with Crippen LogP contribution in [0, 0.1) is 0 Å². The molecule has 120 valence electrons. The number of ether oxygens (including phenoxy) is 1. The van der Waals surface area contributed by atoms with Gasteiger partial charge in [-0.3, -0.25) is 4.79 Å². The first-order valence-electron chi connectivity index (χ1n) is 7.51. The Balaban J connectivity index is 1.64. The monoisotopic (exact) mass is 319 g/mol. The highest BCUT2D eigenvalue weighted by Gasteiger charge is 2.49. The number of carbonyl (C=O) groups is 1. The topological polar surface area (TPSA) is 56.2 Å². The Hall–Kier alpha value is -2.44. The number of halogens is 2. The number of nitrogens with zero attached hydrogens (tertiary/aromatic N) is 2. The van der Waals surface area contributed by atoms with Gasteiger partial charge in [-0.1, -0.05) is 0 Å². The van der Waals surface area contributed by atoms with Crippen LogP contribution in [-0.4, -0.2) is 34.0 Å². The van der Waals surface area contributed by atoms with Gasteiger partial charge in [-0.25, -0.2) is 13.8 Å². The molecule has 2 heterocycles. The van der Waals surface area contributed by atoms with E-state index in [0.717, 1.165) is 11.3 Å². The molecule has 0 saturated heterocycles. The number of hydrogen-bond donors (Lipinski definition) is 1. The van der Waals surface area contributed by atoms with Gasteiger partial charge in [0.2, 0.25) is 0 Å². The molecule has 0 radical (unpaired) electrons. The number of benzene rings is 1. The first-order valence-corrected chi connectivity index (χ1v) is 7.51. The number of fused-ring (bicyclic) bond motifs is 3. The Morgan fingerprint density at radius 1 is 1.43 bits per heavy atom. The van der Waals surface area contributed by atoms with Crippen molar-refractivity contribution in [3.8, 4) is 17.0 Å². The lowest BCUT2D eigenvalue weighted by atomic mass is 9.87. The average Bonchev–Trinajstić information content (AvgIpc) is 2.93. The van der Waals surface area contributed by atoms with Crippen molar-refractivity contribution >= 4 is 5.91 Å². The second-order valence-corrected chi connectivity index (χ2v) is 5.86. The first-order chi connectivity index (χ1) is 11.0. The van der Waals surface area contributed by atoms with E-state index in [9.17, 15) is 13.6 Å². The summed E-state index contributed by atoms with van der Waals surface area (Å²) in [7, 11) is 0. The fourth-order valence-corrected chi connectivity index (χ4v) is 2.90. The largest absolute Gasteiger partial charge is 0.491 e. The van der Waals surface area contributed by atoms with E-state index in [-0.39, 0.29) is 6.42 Å². The fourth-order valence-electron chi connectivity index (χ4n) is 2.90. The zero-order chi connectivity index (χ0) is 16.0. The van der Waals surface area contributed by atoms with Crippen LogP contribution in [0.4, 0.5) is 8.78 Å². The molecule has 1 fully saturated rings. The number of hydrogen-bond acceptors (Lipinski definition) is 3. The van der Waals surface area contributed by atoms with Crippen LogP contribution in [0.25, 0.3) is 11.3 Å². The lowest BCUT2D eigenvalue weighted by Crippen LogP contribution is -2.55. The minimum Gasteiger partial charge on any atom is -0.491 e. The minimum atomic E-state index is -2.80. The van der Waals surface area contributed by atoms with Gasteiger partial charge < -0.3 is 14.6 Å². The number of rotatable bonds is 2. The minimum absolute atomic E-state index is 0.171. The van der Waals surface area contributed by atoms with Crippen molar-refractivity contribution in [1.29, 1.82) is 0 Å². The molecule has 4 rings (SSSR count). The van der Waals surface area contributed by atoms with Crippen molar-refractivity contribution in [3.63, 3.8) is 0 Å². The Bertz CT molecular complexity index is 772. The van der Waals surface area contributed by atoms with Crippen molar-refractivity contribution in [1.82, 2.24) is 14.9 Å². The van der Waals surface area contributed by atoms with Crippen LogP contribution in [0.3, 0.4) is 0 Å². The van der Waals surface area contributed by atoms with Gasteiger partial charge in [0.25, 0.3) is 11.8 Å². The Kier molecular flexibility index (Phi) is 3.11. The van der Waals surface area contributed by atoms with Crippen LogP contribution < -0.4 is 10.1 Å². The van der Waals surface area contributed by atoms with Gasteiger partial charge >= 0.3 is 0 Å². The molecule has 2 aliphatic rings. The van der Waals surface area contributed by atoms with Crippen LogP contribution in [-0.2, 0) is 6.54 Å². The molecule has 5 nitrogen and oxygen atoms in total. The summed E-state index contributed by atoms with van der Waals surface area (Å²) in [5, 5.41) is 2.41. The zero-order valence-corrected chi connectivity index (χ0v) is 12.3. The Morgan fingerprint density at radius 2 is 2.30 bits per heavy atom. The number of alkyl halides is 2.